The second kappa shape index (κ2) is 38.2. The van der Waals surface area contributed by atoms with E-state index in [1.165, 1.54) is 213 Å². The van der Waals surface area contributed by atoms with Crippen LogP contribution in [0.5, 0.6) is 0 Å². The molecule has 0 aliphatic heterocycles. The minimum Gasteiger partial charge on any atom is -0.252 e. The van der Waals surface area contributed by atoms with E-state index >= 15 is 0 Å². The maximum Gasteiger partial charge on any atom is 0.0639 e. The SMILES string of the molecule is CCCCCCCCCCCCCCCCCCCCCCCCCCCCCC(=Nc1cc(CC)cc(CC)c1)C(CCCC)=Nc1ccc(CC)c(CC)c1.[Ni]. The molecule has 0 fully saturated rings. The number of nitrogens with zero attached hydrogens (tertiary/aromatic N) is 2. The standard InChI is InChI=1S/C55H94N2.Ni/c1-7-13-15-16-17-18-19-20-21-22-23-24-25-26-27-28-29-30-31-32-33-34-35-36-37-38-39-41-55(57-53-45-48(9-3)44-49(10-4)46-53)54(40-14-8-2)56-52-43-42-50(11-5)51(12-6)47-52;/h42-47H,7-41H2,1-6H3;. The third kappa shape index (κ3) is 26.5. The summed E-state index contributed by atoms with van der Waals surface area (Å²) in [5.41, 5.74) is 10.3. The Hall–Kier alpha value is -1.73. The molecule has 0 radical (unpaired) electrons. The number of rotatable bonds is 38. The van der Waals surface area contributed by atoms with E-state index in [-0.39, 0.29) is 16.5 Å². The van der Waals surface area contributed by atoms with Gasteiger partial charge in [0, 0.05) is 16.5 Å². The second-order valence-corrected chi connectivity index (χ2v) is 17.5. The van der Waals surface area contributed by atoms with Crippen LogP contribution in [0.15, 0.2) is 46.4 Å². The maximum absolute atomic E-state index is 5.42. The molecule has 0 saturated heterocycles. The van der Waals surface area contributed by atoms with Gasteiger partial charge >= 0.3 is 0 Å². The average Bonchev–Trinajstić information content (AvgIpc) is 3.24. The molecule has 2 aromatic rings. The number of hydrogen-bond acceptors (Lipinski definition) is 2. The Morgan fingerprint density at radius 1 is 0.328 bits per heavy atom. The van der Waals surface area contributed by atoms with Crippen molar-refractivity contribution in [2.45, 2.75) is 266 Å². The predicted molar refractivity (Wildman–Crippen MR) is 259 cm³/mol. The normalized spacial score (nSPS) is 12.0. The molecular weight excluding hydrogens is 747 g/mol. The van der Waals surface area contributed by atoms with Gasteiger partial charge < -0.3 is 0 Å². The van der Waals surface area contributed by atoms with E-state index in [0.717, 1.165) is 56.3 Å². The molecule has 0 amide bonds. The minimum atomic E-state index is 0. The quantitative estimate of drug-likeness (QED) is 0.0366. The van der Waals surface area contributed by atoms with Crippen molar-refractivity contribution in [2.75, 3.05) is 0 Å². The van der Waals surface area contributed by atoms with Crippen molar-refractivity contribution >= 4 is 22.8 Å². The van der Waals surface area contributed by atoms with E-state index in [1.54, 1.807) is 0 Å². The zero-order chi connectivity index (χ0) is 41.0. The maximum atomic E-state index is 5.42. The Bertz CT molecular complexity index is 1290. The molecule has 0 atom stereocenters. The van der Waals surface area contributed by atoms with Crippen molar-refractivity contribution in [1.29, 1.82) is 0 Å². The van der Waals surface area contributed by atoms with Gasteiger partial charge in [0.15, 0.2) is 0 Å². The number of benzene rings is 2. The van der Waals surface area contributed by atoms with E-state index in [4.69, 9.17) is 9.98 Å². The van der Waals surface area contributed by atoms with Crippen molar-refractivity contribution < 1.29 is 16.5 Å². The predicted octanol–water partition coefficient (Wildman–Crippen LogP) is 18.9. The van der Waals surface area contributed by atoms with Crippen molar-refractivity contribution in [3.8, 4) is 0 Å². The molecule has 0 spiro atoms. The number of hydrogen-bond donors (Lipinski definition) is 0. The molecule has 0 aromatic heterocycles. The van der Waals surface area contributed by atoms with Crippen LogP contribution in [-0.2, 0) is 42.2 Å². The smallest absolute Gasteiger partial charge is 0.0639 e. The molecule has 0 aliphatic carbocycles. The Morgan fingerprint density at radius 2 is 0.672 bits per heavy atom. The van der Waals surface area contributed by atoms with Crippen LogP contribution >= 0.6 is 0 Å². The van der Waals surface area contributed by atoms with Gasteiger partial charge in [-0.25, -0.2) is 0 Å². The van der Waals surface area contributed by atoms with E-state index < -0.39 is 0 Å². The molecule has 0 bridgehead atoms. The summed E-state index contributed by atoms with van der Waals surface area (Å²) in [6.07, 6.45) is 47.3. The van der Waals surface area contributed by atoms with Gasteiger partial charge in [0.2, 0.25) is 0 Å². The first-order chi connectivity index (χ1) is 28.1. The van der Waals surface area contributed by atoms with Crippen LogP contribution in [0.4, 0.5) is 11.4 Å². The zero-order valence-corrected chi connectivity index (χ0v) is 40.4. The van der Waals surface area contributed by atoms with Gasteiger partial charge in [0.05, 0.1) is 22.8 Å². The summed E-state index contributed by atoms with van der Waals surface area (Å²) in [6, 6.07) is 13.8. The van der Waals surface area contributed by atoms with Crippen LogP contribution in [0.2, 0.25) is 0 Å². The summed E-state index contributed by atoms with van der Waals surface area (Å²) >= 11 is 0. The molecule has 2 rings (SSSR count). The van der Waals surface area contributed by atoms with Crippen LogP contribution in [0.25, 0.3) is 0 Å². The summed E-state index contributed by atoms with van der Waals surface area (Å²) in [6.45, 7) is 13.6. The first kappa shape index (κ1) is 54.3. The van der Waals surface area contributed by atoms with E-state index in [2.05, 4.69) is 77.9 Å². The molecule has 0 heterocycles. The molecule has 0 N–H and O–H groups in total. The Balaban J connectivity index is 0.0000168. The monoisotopic (exact) mass is 841 g/mol. The van der Waals surface area contributed by atoms with Gasteiger partial charge in [-0.05, 0) is 97.9 Å². The molecule has 0 saturated carbocycles. The minimum absolute atomic E-state index is 0. The molecule has 58 heavy (non-hydrogen) atoms. The largest absolute Gasteiger partial charge is 0.252 e. The fraction of sp³-hybridized carbons (Fsp3) is 0.745. The number of unbranched alkanes of at least 4 members (excludes halogenated alkanes) is 27. The third-order valence-corrected chi connectivity index (χ3v) is 12.5. The van der Waals surface area contributed by atoms with Gasteiger partial charge in [-0.3, -0.25) is 9.98 Å². The first-order valence-corrected chi connectivity index (χ1v) is 25.5. The summed E-state index contributed by atoms with van der Waals surface area (Å²) in [7, 11) is 0. The summed E-state index contributed by atoms with van der Waals surface area (Å²) in [5, 5.41) is 0. The van der Waals surface area contributed by atoms with Crippen LogP contribution in [0.3, 0.4) is 0 Å². The van der Waals surface area contributed by atoms with Crippen molar-refractivity contribution in [3.63, 3.8) is 0 Å². The molecule has 2 nitrogen and oxygen atoms in total. The molecule has 3 heteroatoms. The molecular formula is C55H94N2Ni. The second-order valence-electron chi connectivity index (χ2n) is 17.5. The molecule has 0 unspecified atom stereocenters. The average molecular weight is 842 g/mol. The van der Waals surface area contributed by atoms with E-state index in [9.17, 15) is 0 Å². The number of aliphatic imine (C=N–C) groups is 2. The molecule has 0 aliphatic rings. The topological polar surface area (TPSA) is 24.7 Å². The first-order valence-electron chi connectivity index (χ1n) is 25.5. The zero-order valence-electron chi connectivity index (χ0n) is 39.4. The van der Waals surface area contributed by atoms with Crippen molar-refractivity contribution in [2.24, 2.45) is 9.98 Å². The van der Waals surface area contributed by atoms with Crippen molar-refractivity contribution in [1.82, 2.24) is 0 Å². The van der Waals surface area contributed by atoms with Gasteiger partial charge in [-0.2, -0.15) is 0 Å². The van der Waals surface area contributed by atoms with Gasteiger partial charge in [0.25, 0.3) is 0 Å². The van der Waals surface area contributed by atoms with Gasteiger partial charge in [0.1, 0.15) is 0 Å². The van der Waals surface area contributed by atoms with Crippen LogP contribution in [0, 0.1) is 0 Å². The Morgan fingerprint density at radius 3 is 1.03 bits per heavy atom. The van der Waals surface area contributed by atoms with Crippen LogP contribution in [-0.4, -0.2) is 11.4 Å². The number of aryl methyl sites for hydroxylation is 4. The van der Waals surface area contributed by atoms with E-state index in [0.29, 0.717) is 0 Å². The third-order valence-electron chi connectivity index (χ3n) is 12.5. The Labute approximate surface area is 372 Å². The summed E-state index contributed by atoms with van der Waals surface area (Å²) in [4.78, 5) is 10.8. The van der Waals surface area contributed by atoms with Crippen molar-refractivity contribution in [3.05, 3.63) is 58.7 Å². The van der Waals surface area contributed by atoms with Crippen LogP contribution in [0.1, 0.15) is 263 Å². The van der Waals surface area contributed by atoms with Gasteiger partial charge in [-0.15, -0.1) is 0 Å². The fourth-order valence-corrected chi connectivity index (χ4v) is 8.54. The molecule has 334 valence electrons. The Kier molecular flexibility index (Phi) is 35.8. The fourth-order valence-electron chi connectivity index (χ4n) is 8.54. The van der Waals surface area contributed by atoms with Gasteiger partial charge in [-0.1, -0.05) is 227 Å². The van der Waals surface area contributed by atoms with E-state index in [1.807, 2.05) is 0 Å². The molecule has 2 aromatic carbocycles. The summed E-state index contributed by atoms with van der Waals surface area (Å²) < 4.78 is 0. The summed E-state index contributed by atoms with van der Waals surface area (Å²) in [5.74, 6) is 0. The van der Waals surface area contributed by atoms with Crippen LogP contribution < -0.4 is 0 Å².